The van der Waals surface area contributed by atoms with Crippen LogP contribution < -0.4 is 15.4 Å². The first-order chi connectivity index (χ1) is 13.6. The molecule has 0 fully saturated rings. The number of nitrogens with one attached hydrogen (secondary N) is 2. The summed E-state index contributed by atoms with van der Waals surface area (Å²) in [6.07, 6.45) is 4.62. The van der Waals surface area contributed by atoms with Gasteiger partial charge in [-0.3, -0.25) is 19.3 Å². The molecule has 3 rings (SSSR count). The van der Waals surface area contributed by atoms with Crippen molar-refractivity contribution in [2.45, 2.75) is 19.5 Å². The number of nitrogens with zero attached hydrogens (tertiary/aromatic N) is 3. The largest absolute Gasteiger partial charge is 0.496 e. The lowest BCUT2D eigenvalue weighted by atomic mass is 10.1. The molecule has 144 valence electrons. The average Bonchev–Trinajstić information content (AvgIpc) is 3.14. The highest BCUT2D eigenvalue weighted by molar-refractivity contribution is 6.02. The van der Waals surface area contributed by atoms with Gasteiger partial charge in [0.25, 0.3) is 5.91 Å². The van der Waals surface area contributed by atoms with E-state index in [1.165, 1.54) is 10.9 Å². The van der Waals surface area contributed by atoms with Crippen LogP contribution in [0.3, 0.4) is 0 Å². The second-order valence-electron chi connectivity index (χ2n) is 6.13. The van der Waals surface area contributed by atoms with Crippen molar-refractivity contribution in [1.82, 2.24) is 20.1 Å². The number of amides is 2. The number of hydrogen-bond donors (Lipinski definition) is 2. The van der Waals surface area contributed by atoms with Crippen LogP contribution in [0.5, 0.6) is 5.75 Å². The van der Waals surface area contributed by atoms with Gasteiger partial charge in [-0.1, -0.05) is 24.3 Å². The summed E-state index contributed by atoms with van der Waals surface area (Å²) in [6.45, 7) is 1.91. The molecule has 0 aliphatic rings. The summed E-state index contributed by atoms with van der Waals surface area (Å²) in [6, 6.07) is 12.4. The van der Waals surface area contributed by atoms with Crippen molar-refractivity contribution in [3.63, 3.8) is 0 Å². The number of methoxy groups -OCH3 is 1. The fraction of sp³-hybridized carbons (Fsp3) is 0.200. The second-order valence-corrected chi connectivity index (χ2v) is 6.13. The lowest BCUT2D eigenvalue weighted by Crippen LogP contribution is -2.30. The highest BCUT2D eigenvalue weighted by Gasteiger charge is 2.15. The molecule has 2 heterocycles. The zero-order valence-corrected chi connectivity index (χ0v) is 15.6. The molecule has 8 nitrogen and oxygen atoms in total. The molecule has 1 atom stereocenters. The van der Waals surface area contributed by atoms with Gasteiger partial charge in [0.15, 0.2) is 0 Å². The number of anilines is 1. The number of hydrogen-bond acceptors (Lipinski definition) is 5. The molecule has 3 aromatic rings. The molecule has 0 radical (unpaired) electrons. The van der Waals surface area contributed by atoms with E-state index >= 15 is 0 Å². The molecule has 2 amide bonds. The van der Waals surface area contributed by atoms with Crippen LogP contribution in [0.1, 0.15) is 29.0 Å². The van der Waals surface area contributed by atoms with Crippen molar-refractivity contribution in [2.75, 3.05) is 12.4 Å². The van der Waals surface area contributed by atoms with E-state index in [0.29, 0.717) is 17.1 Å². The number of benzene rings is 1. The Labute approximate surface area is 162 Å². The predicted octanol–water partition coefficient (Wildman–Crippen LogP) is 2.42. The molecule has 1 aromatic carbocycles. The molecular weight excluding hydrogens is 358 g/mol. The van der Waals surface area contributed by atoms with E-state index in [0.717, 1.165) is 5.56 Å². The third-order valence-corrected chi connectivity index (χ3v) is 4.08. The number of para-hydroxylation sites is 1. The number of pyridine rings is 1. The van der Waals surface area contributed by atoms with E-state index in [1.807, 2.05) is 31.2 Å². The summed E-state index contributed by atoms with van der Waals surface area (Å²) in [5.41, 5.74) is 1.68. The quantitative estimate of drug-likeness (QED) is 0.657. The van der Waals surface area contributed by atoms with Crippen LogP contribution in [-0.4, -0.2) is 33.7 Å². The maximum absolute atomic E-state index is 12.3. The van der Waals surface area contributed by atoms with Gasteiger partial charge in [-0.15, -0.1) is 0 Å². The minimum atomic E-state index is -0.339. The van der Waals surface area contributed by atoms with Gasteiger partial charge in [-0.25, -0.2) is 0 Å². The lowest BCUT2D eigenvalue weighted by Gasteiger charge is -2.17. The molecule has 8 heteroatoms. The van der Waals surface area contributed by atoms with Crippen molar-refractivity contribution in [3.8, 4) is 5.75 Å². The van der Waals surface area contributed by atoms with Gasteiger partial charge in [0.1, 0.15) is 18.0 Å². The molecule has 0 saturated heterocycles. The van der Waals surface area contributed by atoms with Crippen LogP contribution in [0.4, 0.5) is 5.69 Å². The molecule has 2 aromatic heterocycles. The SMILES string of the molecule is COc1ccccc1[C@H](C)NC(=O)Cn1cc(NC(=O)c2ccccn2)cn1. The third kappa shape index (κ3) is 4.73. The summed E-state index contributed by atoms with van der Waals surface area (Å²) in [7, 11) is 1.60. The van der Waals surface area contributed by atoms with E-state index in [4.69, 9.17) is 4.74 Å². The Balaban J connectivity index is 1.57. The highest BCUT2D eigenvalue weighted by Crippen LogP contribution is 2.24. The van der Waals surface area contributed by atoms with Crippen molar-refractivity contribution in [2.24, 2.45) is 0 Å². The number of rotatable bonds is 7. The van der Waals surface area contributed by atoms with Crippen LogP contribution in [-0.2, 0) is 11.3 Å². The maximum atomic E-state index is 12.3. The van der Waals surface area contributed by atoms with Crippen molar-refractivity contribution >= 4 is 17.5 Å². The first kappa shape index (κ1) is 19.1. The average molecular weight is 379 g/mol. The van der Waals surface area contributed by atoms with Gasteiger partial charge in [-0.05, 0) is 25.1 Å². The zero-order valence-electron chi connectivity index (χ0n) is 15.6. The van der Waals surface area contributed by atoms with Crippen molar-refractivity contribution < 1.29 is 14.3 Å². The van der Waals surface area contributed by atoms with Crippen molar-refractivity contribution in [1.29, 1.82) is 0 Å². The van der Waals surface area contributed by atoms with E-state index in [1.54, 1.807) is 37.7 Å². The summed E-state index contributed by atoms with van der Waals surface area (Å²) in [4.78, 5) is 28.4. The van der Waals surface area contributed by atoms with Crippen molar-refractivity contribution in [3.05, 3.63) is 72.3 Å². The number of aromatic nitrogens is 3. The van der Waals surface area contributed by atoms with Gasteiger partial charge in [-0.2, -0.15) is 5.10 Å². The summed E-state index contributed by atoms with van der Waals surface area (Å²) in [5, 5.41) is 9.73. The van der Waals surface area contributed by atoms with E-state index in [-0.39, 0.29) is 24.4 Å². The molecule has 0 saturated carbocycles. The Morgan fingerprint density at radius 2 is 1.96 bits per heavy atom. The van der Waals surface area contributed by atoms with E-state index < -0.39 is 0 Å². The maximum Gasteiger partial charge on any atom is 0.274 e. The summed E-state index contributed by atoms with van der Waals surface area (Å²) < 4.78 is 6.79. The Hall–Kier alpha value is -3.68. The number of carbonyl (C=O) groups is 2. The first-order valence-electron chi connectivity index (χ1n) is 8.74. The molecule has 2 N–H and O–H groups in total. The summed E-state index contributed by atoms with van der Waals surface area (Å²) in [5.74, 6) is 0.174. The number of ether oxygens (including phenoxy) is 1. The molecule has 0 bridgehead atoms. The minimum Gasteiger partial charge on any atom is -0.496 e. The van der Waals surface area contributed by atoms with Gasteiger partial charge in [0.05, 0.1) is 25.0 Å². The number of carbonyl (C=O) groups excluding carboxylic acids is 2. The Morgan fingerprint density at radius 1 is 1.18 bits per heavy atom. The van der Waals surface area contributed by atoms with Crippen LogP contribution >= 0.6 is 0 Å². The lowest BCUT2D eigenvalue weighted by molar-refractivity contribution is -0.122. The fourth-order valence-corrected chi connectivity index (χ4v) is 2.74. The van der Waals surface area contributed by atoms with E-state index in [2.05, 4.69) is 20.7 Å². The van der Waals surface area contributed by atoms with Crippen LogP contribution in [0.25, 0.3) is 0 Å². The molecule has 0 unspecified atom stereocenters. The molecule has 28 heavy (non-hydrogen) atoms. The van der Waals surface area contributed by atoms with Gasteiger partial charge in [0.2, 0.25) is 5.91 Å². The normalized spacial score (nSPS) is 11.5. The predicted molar refractivity (Wildman–Crippen MR) is 104 cm³/mol. The van der Waals surface area contributed by atoms with E-state index in [9.17, 15) is 9.59 Å². The molecule has 0 spiro atoms. The molecule has 0 aliphatic carbocycles. The third-order valence-electron chi connectivity index (χ3n) is 4.08. The Morgan fingerprint density at radius 3 is 2.71 bits per heavy atom. The van der Waals surface area contributed by atoms with Gasteiger partial charge >= 0.3 is 0 Å². The Kier molecular flexibility index (Phi) is 6.01. The highest BCUT2D eigenvalue weighted by atomic mass is 16.5. The van der Waals surface area contributed by atoms with Gasteiger partial charge < -0.3 is 15.4 Å². The summed E-state index contributed by atoms with van der Waals surface area (Å²) >= 11 is 0. The molecular formula is C20H21N5O3. The fourth-order valence-electron chi connectivity index (χ4n) is 2.74. The van der Waals surface area contributed by atoms with Gasteiger partial charge in [0, 0.05) is 18.0 Å². The first-order valence-corrected chi connectivity index (χ1v) is 8.74. The topological polar surface area (TPSA) is 98.1 Å². The minimum absolute atomic E-state index is 0.0267. The smallest absolute Gasteiger partial charge is 0.274 e. The van der Waals surface area contributed by atoms with Crippen LogP contribution in [0.15, 0.2) is 61.1 Å². The monoisotopic (exact) mass is 379 g/mol. The Bertz CT molecular complexity index is 955. The second kappa shape index (κ2) is 8.81. The standard InChI is InChI=1S/C20H21N5O3/c1-14(16-7-3-4-9-18(16)28-2)23-19(26)13-25-12-15(11-22-25)24-20(27)17-8-5-6-10-21-17/h3-12,14H,13H2,1-2H3,(H,23,26)(H,24,27)/t14-/m0/s1. The molecule has 0 aliphatic heterocycles. The van der Waals surface area contributed by atoms with Crippen LogP contribution in [0, 0.1) is 0 Å². The zero-order chi connectivity index (χ0) is 19.9. The van der Waals surface area contributed by atoms with Crippen LogP contribution in [0.2, 0.25) is 0 Å².